The molecule has 7 heteroatoms. The minimum Gasteiger partial charge on any atom is -0.337 e. The summed E-state index contributed by atoms with van der Waals surface area (Å²) in [6, 6.07) is 9.52. The first-order valence-electron chi connectivity index (χ1n) is 7.79. The second kappa shape index (κ2) is 7.77. The van der Waals surface area contributed by atoms with E-state index in [1.807, 2.05) is 18.2 Å². The number of benzene rings is 1. The van der Waals surface area contributed by atoms with Gasteiger partial charge in [0, 0.05) is 4.47 Å². The largest absolute Gasteiger partial charge is 0.337 e. The van der Waals surface area contributed by atoms with E-state index in [4.69, 9.17) is 0 Å². The maximum absolute atomic E-state index is 12.1. The molecule has 1 fully saturated rings. The number of rotatable bonds is 7. The van der Waals surface area contributed by atoms with Crippen molar-refractivity contribution in [1.29, 1.82) is 5.26 Å². The third kappa shape index (κ3) is 5.05. The molecule has 1 aliphatic rings. The Morgan fingerprint density at radius 2 is 1.96 bits per heavy atom. The number of likely N-dealkylation sites (N-methyl/N-ethyl adjacent to an activating group) is 1. The fourth-order valence-electron chi connectivity index (χ4n) is 2.51. The number of para-hydroxylation sites is 1. The number of hydrogen-bond acceptors (Lipinski definition) is 4. The number of nitrogens with zero attached hydrogens (tertiary/aromatic N) is 2. The SMILES string of the molecule is CN(CC(=O)Nc1ccccc1Br)CC(=O)N[C@](C)(C#N)C1CC1. The number of hydrogen-bond donors (Lipinski definition) is 2. The highest BCUT2D eigenvalue weighted by molar-refractivity contribution is 9.10. The van der Waals surface area contributed by atoms with Crippen molar-refractivity contribution in [2.45, 2.75) is 25.3 Å². The minimum atomic E-state index is -0.810. The number of carbonyl (C=O) groups excluding carboxylic acids is 2. The number of halogens is 1. The zero-order valence-corrected chi connectivity index (χ0v) is 15.4. The number of carbonyl (C=O) groups is 2. The normalized spacial score (nSPS) is 16.1. The van der Waals surface area contributed by atoms with E-state index in [0.717, 1.165) is 17.3 Å². The molecule has 1 atom stereocenters. The lowest BCUT2D eigenvalue weighted by Gasteiger charge is -2.24. The number of nitriles is 1. The summed E-state index contributed by atoms with van der Waals surface area (Å²) in [5, 5.41) is 14.8. The number of anilines is 1. The molecular weight excluding hydrogens is 372 g/mol. The first-order valence-corrected chi connectivity index (χ1v) is 8.58. The molecule has 1 aromatic rings. The lowest BCUT2D eigenvalue weighted by Crippen LogP contribution is -2.50. The summed E-state index contributed by atoms with van der Waals surface area (Å²) in [6.45, 7) is 1.90. The van der Waals surface area contributed by atoms with Crippen molar-refractivity contribution < 1.29 is 9.59 Å². The van der Waals surface area contributed by atoms with Crippen LogP contribution in [-0.4, -0.2) is 42.4 Å². The Hall–Kier alpha value is -1.91. The minimum absolute atomic E-state index is 0.0629. The van der Waals surface area contributed by atoms with E-state index in [2.05, 4.69) is 32.6 Å². The maximum Gasteiger partial charge on any atom is 0.238 e. The van der Waals surface area contributed by atoms with Crippen LogP contribution in [0.2, 0.25) is 0 Å². The molecule has 0 aliphatic heterocycles. The summed E-state index contributed by atoms with van der Waals surface area (Å²) in [7, 11) is 1.69. The monoisotopic (exact) mass is 392 g/mol. The molecular formula is C17H21BrN4O2. The molecule has 1 aliphatic carbocycles. The molecule has 2 rings (SSSR count). The molecule has 0 aromatic heterocycles. The van der Waals surface area contributed by atoms with Crippen LogP contribution < -0.4 is 10.6 Å². The van der Waals surface area contributed by atoms with Crippen LogP contribution in [0.1, 0.15) is 19.8 Å². The van der Waals surface area contributed by atoms with Crippen molar-refractivity contribution in [2.75, 3.05) is 25.5 Å². The summed E-state index contributed by atoms with van der Waals surface area (Å²) in [5.41, 5.74) is -0.124. The van der Waals surface area contributed by atoms with E-state index in [0.29, 0.717) is 5.69 Å². The first-order chi connectivity index (χ1) is 11.3. The van der Waals surface area contributed by atoms with E-state index < -0.39 is 5.54 Å². The summed E-state index contributed by atoms with van der Waals surface area (Å²) < 4.78 is 0.799. The van der Waals surface area contributed by atoms with Gasteiger partial charge < -0.3 is 10.6 Å². The van der Waals surface area contributed by atoms with E-state index in [1.165, 1.54) is 0 Å². The molecule has 0 bridgehead atoms. The average Bonchev–Trinajstić information content (AvgIpc) is 3.34. The van der Waals surface area contributed by atoms with Crippen molar-refractivity contribution in [3.63, 3.8) is 0 Å². The highest BCUT2D eigenvalue weighted by atomic mass is 79.9. The first kappa shape index (κ1) is 18.4. The van der Waals surface area contributed by atoms with E-state index in [1.54, 1.807) is 24.9 Å². The quantitative estimate of drug-likeness (QED) is 0.743. The van der Waals surface area contributed by atoms with Crippen molar-refractivity contribution in [2.24, 2.45) is 5.92 Å². The van der Waals surface area contributed by atoms with Crippen LogP contribution in [0.5, 0.6) is 0 Å². The molecule has 6 nitrogen and oxygen atoms in total. The summed E-state index contributed by atoms with van der Waals surface area (Å²) >= 11 is 3.37. The lowest BCUT2D eigenvalue weighted by molar-refractivity contribution is -0.124. The van der Waals surface area contributed by atoms with Crippen molar-refractivity contribution in [1.82, 2.24) is 10.2 Å². The smallest absolute Gasteiger partial charge is 0.238 e. The fraction of sp³-hybridized carbons (Fsp3) is 0.471. The van der Waals surface area contributed by atoms with Crippen molar-refractivity contribution >= 4 is 33.4 Å². The predicted octanol–water partition coefficient (Wildman–Crippen LogP) is 2.13. The predicted molar refractivity (Wildman–Crippen MR) is 95.2 cm³/mol. The van der Waals surface area contributed by atoms with Crippen LogP contribution in [0.3, 0.4) is 0 Å². The molecule has 0 spiro atoms. The van der Waals surface area contributed by atoms with Crippen molar-refractivity contribution in [3.05, 3.63) is 28.7 Å². The van der Waals surface area contributed by atoms with Crippen LogP contribution in [0.25, 0.3) is 0 Å². The highest BCUT2D eigenvalue weighted by Crippen LogP contribution is 2.39. The third-order valence-electron chi connectivity index (χ3n) is 4.00. The molecule has 24 heavy (non-hydrogen) atoms. The van der Waals surface area contributed by atoms with Crippen LogP contribution >= 0.6 is 15.9 Å². The van der Waals surface area contributed by atoms with E-state index in [9.17, 15) is 14.9 Å². The molecule has 2 amide bonds. The molecule has 2 N–H and O–H groups in total. The standard InChI is InChI=1S/C17H21BrN4O2/c1-17(11-19,12-7-8-12)21-16(24)10-22(2)9-15(23)20-14-6-4-3-5-13(14)18/h3-6,12H,7-10H2,1-2H3,(H,20,23)(H,21,24)/t17-/m1/s1. The Morgan fingerprint density at radius 3 is 2.54 bits per heavy atom. The van der Waals surface area contributed by atoms with E-state index in [-0.39, 0.29) is 30.8 Å². The highest BCUT2D eigenvalue weighted by Gasteiger charge is 2.43. The van der Waals surface area contributed by atoms with Gasteiger partial charge in [-0.05, 0) is 60.8 Å². The van der Waals surface area contributed by atoms with Crippen LogP contribution in [0, 0.1) is 17.2 Å². The molecule has 0 saturated heterocycles. The van der Waals surface area contributed by atoms with Crippen LogP contribution in [0.4, 0.5) is 5.69 Å². The average molecular weight is 393 g/mol. The fourth-order valence-corrected chi connectivity index (χ4v) is 2.89. The van der Waals surface area contributed by atoms with Gasteiger partial charge in [0.2, 0.25) is 11.8 Å². The molecule has 1 saturated carbocycles. The summed E-state index contributed by atoms with van der Waals surface area (Å²) in [4.78, 5) is 25.8. The molecule has 0 unspecified atom stereocenters. The Kier molecular flexibility index (Phi) is 5.97. The van der Waals surface area contributed by atoms with Gasteiger partial charge in [-0.3, -0.25) is 14.5 Å². The zero-order valence-electron chi connectivity index (χ0n) is 13.8. The summed E-state index contributed by atoms with van der Waals surface area (Å²) in [5.74, 6) is -0.222. The Balaban J connectivity index is 1.81. The molecule has 0 radical (unpaired) electrons. The van der Waals surface area contributed by atoms with Crippen LogP contribution in [-0.2, 0) is 9.59 Å². The Morgan fingerprint density at radius 1 is 1.33 bits per heavy atom. The van der Waals surface area contributed by atoms with Gasteiger partial charge in [-0.2, -0.15) is 5.26 Å². The third-order valence-corrected chi connectivity index (χ3v) is 4.69. The van der Waals surface area contributed by atoms with Crippen LogP contribution in [0.15, 0.2) is 28.7 Å². The van der Waals surface area contributed by atoms with Gasteiger partial charge in [0.25, 0.3) is 0 Å². The Bertz CT molecular complexity index is 669. The Labute approximate surface area is 150 Å². The van der Waals surface area contributed by atoms with E-state index >= 15 is 0 Å². The second-order valence-electron chi connectivity index (χ2n) is 6.34. The van der Waals surface area contributed by atoms with Gasteiger partial charge >= 0.3 is 0 Å². The number of nitrogens with one attached hydrogen (secondary N) is 2. The maximum atomic E-state index is 12.1. The number of amides is 2. The van der Waals surface area contributed by atoms with Gasteiger partial charge in [-0.15, -0.1) is 0 Å². The lowest BCUT2D eigenvalue weighted by atomic mass is 9.98. The van der Waals surface area contributed by atoms with Gasteiger partial charge in [-0.25, -0.2) is 0 Å². The van der Waals surface area contributed by atoms with Gasteiger partial charge in [0.15, 0.2) is 0 Å². The topological polar surface area (TPSA) is 85.2 Å². The molecule has 0 heterocycles. The molecule has 128 valence electrons. The molecule has 1 aromatic carbocycles. The van der Waals surface area contributed by atoms with Crippen molar-refractivity contribution in [3.8, 4) is 6.07 Å². The van der Waals surface area contributed by atoms with Gasteiger partial charge in [0.05, 0.1) is 24.8 Å². The zero-order chi connectivity index (χ0) is 17.7. The van der Waals surface area contributed by atoms with Gasteiger partial charge in [-0.1, -0.05) is 12.1 Å². The second-order valence-corrected chi connectivity index (χ2v) is 7.19. The summed E-state index contributed by atoms with van der Waals surface area (Å²) in [6.07, 6.45) is 1.93. The van der Waals surface area contributed by atoms with Gasteiger partial charge in [0.1, 0.15) is 5.54 Å².